The van der Waals surface area contributed by atoms with Crippen LogP contribution in [-0.2, 0) is 0 Å². The summed E-state index contributed by atoms with van der Waals surface area (Å²) >= 11 is 0. The molecule has 3 aromatic rings. The summed E-state index contributed by atoms with van der Waals surface area (Å²) in [6.45, 7) is 0. The fourth-order valence-corrected chi connectivity index (χ4v) is 1.85. The second-order valence-electron chi connectivity index (χ2n) is 3.84. The number of hydrogen-bond acceptors (Lipinski definition) is 3. The Bertz CT molecular complexity index is 717. The number of hydrogen-bond donors (Lipinski definition) is 1. The van der Waals surface area contributed by atoms with Crippen LogP contribution in [0.4, 0.5) is 0 Å². The van der Waals surface area contributed by atoms with Crippen molar-refractivity contribution in [1.29, 1.82) is 0 Å². The van der Waals surface area contributed by atoms with Gasteiger partial charge in [-0.1, -0.05) is 42.5 Å². The molecule has 0 aliphatic heterocycles. The van der Waals surface area contributed by atoms with Crippen LogP contribution in [0.1, 0.15) is 0 Å². The molecule has 1 heterocycles. The van der Waals surface area contributed by atoms with Gasteiger partial charge in [-0.25, -0.2) is 0 Å². The third-order valence-electron chi connectivity index (χ3n) is 2.69. The van der Waals surface area contributed by atoms with Gasteiger partial charge in [0, 0.05) is 11.6 Å². The normalized spacial score (nSPS) is 10.0. The van der Waals surface area contributed by atoms with Crippen molar-refractivity contribution in [2.45, 2.75) is 0 Å². The van der Waals surface area contributed by atoms with E-state index in [-0.39, 0.29) is 11.6 Å². The molecule has 2 aromatic carbocycles. The number of para-hydroxylation sites is 1. The van der Waals surface area contributed by atoms with Gasteiger partial charge in [-0.3, -0.25) is 4.79 Å². The van der Waals surface area contributed by atoms with Crippen molar-refractivity contribution < 1.29 is 4.42 Å². The van der Waals surface area contributed by atoms with Crippen molar-refractivity contribution in [2.24, 2.45) is 0 Å². The number of benzene rings is 2. The number of rotatable bonds is 1. The van der Waals surface area contributed by atoms with E-state index in [1.54, 1.807) is 6.07 Å². The molecule has 0 atom stereocenters. The Labute approximate surface area is 104 Å². The summed E-state index contributed by atoms with van der Waals surface area (Å²) in [7, 11) is 0. The molecule has 0 spiro atoms. The van der Waals surface area contributed by atoms with Crippen LogP contribution in [0.25, 0.3) is 22.3 Å². The zero-order chi connectivity index (χ0) is 11.7. The summed E-state index contributed by atoms with van der Waals surface area (Å²) in [5.74, 6) is 0.606. The third kappa shape index (κ3) is 2.04. The van der Waals surface area contributed by atoms with Crippen LogP contribution in [0.3, 0.4) is 0 Å². The summed E-state index contributed by atoms with van der Waals surface area (Å²) in [6, 6.07) is 18.4. The molecule has 0 saturated carbocycles. The van der Waals surface area contributed by atoms with E-state index in [1.165, 1.54) is 6.07 Å². The predicted octanol–water partition coefficient (Wildman–Crippen LogP) is 3.62. The molecule has 0 aliphatic rings. The van der Waals surface area contributed by atoms with Crippen molar-refractivity contribution in [2.75, 3.05) is 0 Å². The maximum absolute atomic E-state index is 11.9. The van der Waals surface area contributed by atoms with Crippen LogP contribution >= 0.6 is 0 Å². The Hall–Kier alpha value is -2.39. The standard InChI is InChI=1S/C15H10O2.H3N/c16-13-10-15(11-6-2-1-3-7-11)17-14-9-5-4-8-12(13)14;/h1-10H;1H3. The average molecular weight is 239 g/mol. The van der Waals surface area contributed by atoms with Crippen LogP contribution in [-0.4, -0.2) is 0 Å². The molecule has 0 saturated heterocycles. The Balaban J connectivity index is 0.00000120. The molecule has 0 bridgehead atoms. The lowest BCUT2D eigenvalue weighted by Crippen LogP contribution is -1.99. The Kier molecular flexibility index (Phi) is 3.26. The van der Waals surface area contributed by atoms with E-state index in [0.717, 1.165) is 5.56 Å². The van der Waals surface area contributed by atoms with Gasteiger partial charge in [0.2, 0.25) is 0 Å². The van der Waals surface area contributed by atoms with Gasteiger partial charge in [0.1, 0.15) is 11.3 Å². The minimum absolute atomic E-state index is 0. The van der Waals surface area contributed by atoms with Crippen LogP contribution in [0.2, 0.25) is 0 Å². The molecule has 3 heteroatoms. The zero-order valence-corrected chi connectivity index (χ0v) is 9.80. The quantitative estimate of drug-likeness (QED) is 0.705. The second kappa shape index (κ2) is 4.85. The smallest absolute Gasteiger partial charge is 0.193 e. The summed E-state index contributed by atoms with van der Waals surface area (Å²) < 4.78 is 5.73. The van der Waals surface area contributed by atoms with Gasteiger partial charge in [-0.15, -0.1) is 0 Å². The monoisotopic (exact) mass is 239 g/mol. The first-order chi connectivity index (χ1) is 8.34. The SMILES string of the molecule is N.O=c1cc(-c2ccccc2)oc2ccccc12. The molecule has 3 nitrogen and oxygen atoms in total. The highest BCUT2D eigenvalue weighted by Gasteiger charge is 2.05. The van der Waals surface area contributed by atoms with E-state index in [9.17, 15) is 4.79 Å². The molecular formula is C15H13NO2. The van der Waals surface area contributed by atoms with Crippen LogP contribution in [0, 0.1) is 0 Å². The van der Waals surface area contributed by atoms with Crippen molar-refractivity contribution in [1.82, 2.24) is 6.15 Å². The molecule has 0 fully saturated rings. The lowest BCUT2D eigenvalue weighted by molar-refractivity contribution is 0.619. The highest BCUT2D eigenvalue weighted by molar-refractivity contribution is 5.78. The van der Waals surface area contributed by atoms with Gasteiger partial charge in [0.25, 0.3) is 0 Å². The fraction of sp³-hybridized carbons (Fsp3) is 0. The van der Waals surface area contributed by atoms with Crippen molar-refractivity contribution in [3.63, 3.8) is 0 Å². The Morgan fingerprint density at radius 2 is 1.50 bits per heavy atom. The summed E-state index contributed by atoms with van der Waals surface area (Å²) in [4.78, 5) is 11.9. The molecule has 0 unspecified atom stereocenters. The van der Waals surface area contributed by atoms with Crippen LogP contribution < -0.4 is 11.6 Å². The van der Waals surface area contributed by atoms with Crippen molar-refractivity contribution in [3.8, 4) is 11.3 Å². The van der Waals surface area contributed by atoms with E-state index in [1.807, 2.05) is 48.5 Å². The zero-order valence-electron chi connectivity index (χ0n) is 9.80. The largest absolute Gasteiger partial charge is 0.456 e. The maximum Gasteiger partial charge on any atom is 0.193 e. The fourth-order valence-electron chi connectivity index (χ4n) is 1.85. The van der Waals surface area contributed by atoms with E-state index >= 15 is 0 Å². The molecule has 3 rings (SSSR count). The minimum Gasteiger partial charge on any atom is -0.456 e. The minimum atomic E-state index is -0.00861. The van der Waals surface area contributed by atoms with Gasteiger partial charge in [0.15, 0.2) is 5.43 Å². The maximum atomic E-state index is 11.9. The van der Waals surface area contributed by atoms with Gasteiger partial charge < -0.3 is 10.6 Å². The molecule has 90 valence electrons. The molecule has 0 aliphatic carbocycles. The van der Waals surface area contributed by atoms with Gasteiger partial charge in [0.05, 0.1) is 5.39 Å². The van der Waals surface area contributed by atoms with Gasteiger partial charge in [-0.2, -0.15) is 0 Å². The van der Waals surface area contributed by atoms with Crippen molar-refractivity contribution in [3.05, 3.63) is 70.9 Å². The van der Waals surface area contributed by atoms with Gasteiger partial charge >= 0.3 is 0 Å². The molecular weight excluding hydrogens is 226 g/mol. The lowest BCUT2D eigenvalue weighted by Gasteiger charge is -2.02. The Morgan fingerprint density at radius 3 is 2.28 bits per heavy atom. The lowest BCUT2D eigenvalue weighted by atomic mass is 10.1. The summed E-state index contributed by atoms with van der Waals surface area (Å²) in [5.41, 5.74) is 1.53. The molecule has 1 aromatic heterocycles. The Morgan fingerprint density at radius 1 is 0.833 bits per heavy atom. The second-order valence-corrected chi connectivity index (χ2v) is 3.84. The first kappa shape index (κ1) is 12.1. The topological polar surface area (TPSA) is 65.2 Å². The van der Waals surface area contributed by atoms with E-state index in [2.05, 4.69) is 0 Å². The number of fused-ring (bicyclic) bond motifs is 1. The molecule has 0 radical (unpaired) electrons. The predicted molar refractivity (Wildman–Crippen MR) is 72.9 cm³/mol. The van der Waals surface area contributed by atoms with Crippen LogP contribution in [0.5, 0.6) is 0 Å². The highest BCUT2D eigenvalue weighted by Crippen LogP contribution is 2.21. The third-order valence-corrected chi connectivity index (χ3v) is 2.69. The molecule has 18 heavy (non-hydrogen) atoms. The van der Waals surface area contributed by atoms with E-state index in [0.29, 0.717) is 16.7 Å². The average Bonchev–Trinajstić information content (AvgIpc) is 2.40. The summed E-state index contributed by atoms with van der Waals surface area (Å²) in [6.07, 6.45) is 0. The van der Waals surface area contributed by atoms with Crippen LogP contribution in [0.15, 0.2) is 69.9 Å². The van der Waals surface area contributed by atoms with E-state index < -0.39 is 0 Å². The first-order valence-electron chi connectivity index (χ1n) is 5.43. The summed E-state index contributed by atoms with van der Waals surface area (Å²) in [5, 5.41) is 0.618. The first-order valence-corrected chi connectivity index (χ1v) is 5.43. The highest BCUT2D eigenvalue weighted by atomic mass is 16.3. The van der Waals surface area contributed by atoms with Gasteiger partial charge in [-0.05, 0) is 12.1 Å². The van der Waals surface area contributed by atoms with E-state index in [4.69, 9.17) is 4.42 Å². The molecule has 0 amide bonds. The van der Waals surface area contributed by atoms with Crippen molar-refractivity contribution >= 4 is 11.0 Å². The molecule has 3 N–H and O–H groups in total.